The lowest BCUT2D eigenvalue weighted by atomic mass is 9.85. The van der Waals surface area contributed by atoms with Crippen molar-refractivity contribution < 1.29 is 4.74 Å². The van der Waals surface area contributed by atoms with E-state index < -0.39 is 0 Å². The molecule has 0 radical (unpaired) electrons. The lowest BCUT2D eigenvalue weighted by Gasteiger charge is -2.24. The molecule has 0 amide bonds. The van der Waals surface area contributed by atoms with Crippen LogP contribution in [0, 0.1) is 5.41 Å². The molecule has 0 spiro atoms. The van der Waals surface area contributed by atoms with E-state index in [0.29, 0.717) is 0 Å². The van der Waals surface area contributed by atoms with Gasteiger partial charge in [0, 0.05) is 17.8 Å². The number of guanidine groups is 1. The van der Waals surface area contributed by atoms with E-state index in [1.54, 1.807) is 13.3 Å². The molecule has 0 saturated carbocycles. The monoisotopic (exact) mass is 403 g/mol. The van der Waals surface area contributed by atoms with Crippen LogP contribution < -0.4 is 15.5 Å². The minimum absolute atomic E-state index is 0.0955. The van der Waals surface area contributed by atoms with Crippen LogP contribution in [0.2, 0.25) is 0 Å². The Morgan fingerprint density at radius 1 is 1.30 bits per heavy atom. The van der Waals surface area contributed by atoms with Gasteiger partial charge in [-0.15, -0.1) is 0 Å². The molecular weight excluding hydrogens is 374 g/mol. The molecule has 0 saturated heterocycles. The van der Waals surface area contributed by atoms with Gasteiger partial charge in [-0.1, -0.05) is 24.3 Å². The molecule has 0 aromatic heterocycles. The third kappa shape index (κ3) is 5.14. The third-order valence-corrected chi connectivity index (χ3v) is 5.32. The standard InChI is InChI=1S/C24H29N5O/c1-4-17(16-28-29-24(25)26-2)22-14-20(30-3)12-13-23(22)27-15-19-10-7-9-18-8-5-6-11-21(18)19/h4-5,8-9,12-14,16,27H,2,6-7,10-11,15H2,1,3H3,(H2,25,29)/b17-4-,28-16+. The molecule has 0 unspecified atom stereocenters. The lowest BCUT2D eigenvalue weighted by molar-refractivity contribution is 0.415. The highest BCUT2D eigenvalue weighted by Crippen LogP contribution is 2.34. The number of allylic oxidation sites excluding steroid dienone is 7. The molecule has 1 aromatic carbocycles. The van der Waals surface area contributed by atoms with Crippen molar-refractivity contribution >= 4 is 30.2 Å². The highest BCUT2D eigenvalue weighted by atomic mass is 16.5. The summed E-state index contributed by atoms with van der Waals surface area (Å²) in [6.45, 7) is 6.08. The van der Waals surface area contributed by atoms with Crippen LogP contribution in [0.15, 0.2) is 69.3 Å². The first kappa shape index (κ1) is 21.3. The molecule has 2 aliphatic rings. The van der Waals surface area contributed by atoms with E-state index in [9.17, 15) is 0 Å². The minimum Gasteiger partial charge on any atom is -0.497 e. The number of hydrogen-bond donors (Lipinski definition) is 3. The second kappa shape index (κ2) is 10.4. The number of nitrogens with zero attached hydrogens (tertiary/aromatic N) is 2. The predicted molar refractivity (Wildman–Crippen MR) is 127 cm³/mol. The summed E-state index contributed by atoms with van der Waals surface area (Å²) in [7, 11) is 1.66. The highest BCUT2D eigenvalue weighted by Gasteiger charge is 2.17. The Balaban J connectivity index is 1.83. The molecular formula is C24H29N5O. The van der Waals surface area contributed by atoms with Crippen LogP contribution in [0.4, 0.5) is 5.69 Å². The third-order valence-electron chi connectivity index (χ3n) is 5.32. The van der Waals surface area contributed by atoms with Crippen molar-refractivity contribution in [3.63, 3.8) is 0 Å². The topological polar surface area (TPSA) is 81.9 Å². The van der Waals surface area contributed by atoms with Crippen molar-refractivity contribution in [1.29, 1.82) is 5.41 Å². The van der Waals surface area contributed by atoms with Gasteiger partial charge in [0.2, 0.25) is 5.96 Å². The van der Waals surface area contributed by atoms with Gasteiger partial charge in [0.25, 0.3) is 0 Å². The Bertz CT molecular complexity index is 966. The quantitative estimate of drug-likeness (QED) is 0.337. The van der Waals surface area contributed by atoms with E-state index in [1.165, 1.54) is 16.7 Å². The number of aliphatic imine (C=N–C) groups is 1. The van der Waals surface area contributed by atoms with Crippen molar-refractivity contribution in [3.05, 3.63) is 64.8 Å². The Labute approximate surface area is 178 Å². The van der Waals surface area contributed by atoms with Gasteiger partial charge in [0.1, 0.15) is 5.75 Å². The first-order valence-corrected chi connectivity index (χ1v) is 10.2. The Hall–Kier alpha value is -3.41. The lowest BCUT2D eigenvalue weighted by Crippen LogP contribution is -2.14. The van der Waals surface area contributed by atoms with Gasteiger partial charge >= 0.3 is 0 Å². The van der Waals surface area contributed by atoms with E-state index in [4.69, 9.17) is 10.1 Å². The van der Waals surface area contributed by atoms with Crippen molar-refractivity contribution in [3.8, 4) is 5.75 Å². The fourth-order valence-corrected chi connectivity index (χ4v) is 3.75. The van der Waals surface area contributed by atoms with Gasteiger partial charge < -0.3 is 10.1 Å². The molecule has 0 bridgehead atoms. The number of nitrogens with one attached hydrogen (secondary N) is 3. The van der Waals surface area contributed by atoms with E-state index >= 15 is 0 Å². The van der Waals surface area contributed by atoms with Crippen LogP contribution >= 0.6 is 0 Å². The van der Waals surface area contributed by atoms with Gasteiger partial charge in [-0.25, -0.2) is 10.4 Å². The fraction of sp³-hybridized carbons (Fsp3) is 0.292. The van der Waals surface area contributed by atoms with Crippen molar-refractivity contribution in [1.82, 2.24) is 5.43 Å². The average molecular weight is 404 g/mol. The van der Waals surface area contributed by atoms with Gasteiger partial charge in [-0.2, -0.15) is 5.10 Å². The summed E-state index contributed by atoms with van der Waals surface area (Å²) in [6, 6.07) is 5.99. The maximum Gasteiger partial charge on any atom is 0.235 e. The zero-order valence-electron chi connectivity index (χ0n) is 17.7. The SMILES string of the molecule is C=NC(=N)N/N=C/C(=C/C)c1cc(OC)ccc1NCC1=C2CCC=CC2=CCC1. The number of methoxy groups -OCH3 is 1. The number of rotatable bonds is 7. The van der Waals surface area contributed by atoms with Gasteiger partial charge in [-0.05, 0) is 79.8 Å². The maximum absolute atomic E-state index is 7.48. The number of fused-ring (bicyclic) bond motifs is 1. The van der Waals surface area contributed by atoms with Crippen LogP contribution in [-0.2, 0) is 0 Å². The predicted octanol–water partition coefficient (Wildman–Crippen LogP) is 5.09. The molecule has 0 heterocycles. The molecule has 1 aromatic rings. The van der Waals surface area contributed by atoms with Crippen LogP contribution in [0.1, 0.15) is 38.2 Å². The van der Waals surface area contributed by atoms with Crippen LogP contribution in [-0.4, -0.2) is 32.5 Å². The van der Waals surface area contributed by atoms with Crippen molar-refractivity contribution in [2.75, 3.05) is 19.0 Å². The molecule has 30 heavy (non-hydrogen) atoms. The Kier molecular flexibility index (Phi) is 7.38. The summed E-state index contributed by atoms with van der Waals surface area (Å²) in [5, 5.41) is 15.2. The van der Waals surface area contributed by atoms with Crippen LogP contribution in [0.25, 0.3) is 5.57 Å². The molecule has 156 valence electrons. The summed E-state index contributed by atoms with van der Waals surface area (Å²) < 4.78 is 5.43. The molecule has 0 fully saturated rings. The van der Waals surface area contributed by atoms with Crippen LogP contribution in [0.5, 0.6) is 5.75 Å². The van der Waals surface area contributed by atoms with Crippen molar-refractivity contribution in [2.24, 2.45) is 10.1 Å². The molecule has 2 aliphatic carbocycles. The van der Waals surface area contributed by atoms with E-state index in [2.05, 4.69) is 45.8 Å². The largest absolute Gasteiger partial charge is 0.497 e. The number of ether oxygens (including phenoxy) is 1. The average Bonchev–Trinajstić information content (AvgIpc) is 2.80. The van der Waals surface area contributed by atoms with E-state index in [0.717, 1.165) is 54.8 Å². The summed E-state index contributed by atoms with van der Waals surface area (Å²) in [6.07, 6.45) is 15.0. The number of benzene rings is 1. The summed E-state index contributed by atoms with van der Waals surface area (Å²) in [5.41, 5.74) is 9.83. The Morgan fingerprint density at radius 2 is 2.17 bits per heavy atom. The van der Waals surface area contributed by atoms with Crippen LogP contribution in [0.3, 0.4) is 0 Å². The summed E-state index contributed by atoms with van der Waals surface area (Å²) in [5.74, 6) is 0.681. The minimum atomic E-state index is -0.0955. The smallest absolute Gasteiger partial charge is 0.235 e. The fourth-order valence-electron chi connectivity index (χ4n) is 3.75. The highest BCUT2D eigenvalue weighted by molar-refractivity contribution is 6.12. The van der Waals surface area contributed by atoms with Gasteiger partial charge in [-0.3, -0.25) is 5.41 Å². The maximum atomic E-state index is 7.48. The van der Waals surface area contributed by atoms with Gasteiger partial charge in [0.15, 0.2) is 0 Å². The molecule has 6 nitrogen and oxygen atoms in total. The zero-order valence-corrected chi connectivity index (χ0v) is 17.7. The van der Waals surface area contributed by atoms with E-state index in [-0.39, 0.29) is 5.96 Å². The Morgan fingerprint density at radius 3 is 2.93 bits per heavy atom. The molecule has 3 N–H and O–H groups in total. The second-order valence-electron chi connectivity index (χ2n) is 7.11. The zero-order chi connectivity index (χ0) is 21.3. The molecule has 0 aliphatic heterocycles. The summed E-state index contributed by atoms with van der Waals surface area (Å²) in [4.78, 5) is 3.49. The molecule has 6 heteroatoms. The first-order valence-electron chi connectivity index (χ1n) is 10.2. The molecule has 0 atom stereocenters. The second-order valence-corrected chi connectivity index (χ2v) is 7.11. The number of anilines is 1. The van der Waals surface area contributed by atoms with Crippen molar-refractivity contribution in [2.45, 2.75) is 32.6 Å². The first-order chi connectivity index (χ1) is 14.7. The summed E-state index contributed by atoms with van der Waals surface area (Å²) >= 11 is 0. The van der Waals surface area contributed by atoms with Gasteiger partial charge in [0.05, 0.1) is 13.3 Å². The normalized spacial score (nSPS) is 16.2. The van der Waals surface area contributed by atoms with E-state index in [1.807, 2.05) is 31.2 Å². The molecule has 3 rings (SSSR count). The number of hydrogen-bond acceptors (Lipinski definition) is 4. The number of hydrazone groups is 1.